The lowest BCUT2D eigenvalue weighted by molar-refractivity contribution is -0.384. The predicted octanol–water partition coefficient (Wildman–Crippen LogP) is 4.83. The van der Waals surface area contributed by atoms with Gasteiger partial charge in [-0.2, -0.15) is 4.37 Å². The van der Waals surface area contributed by atoms with Gasteiger partial charge in [-0.25, -0.2) is 4.99 Å². The van der Waals surface area contributed by atoms with Gasteiger partial charge in [0, 0.05) is 74.2 Å². The van der Waals surface area contributed by atoms with E-state index in [1.54, 1.807) is 19.1 Å². The van der Waals surface area contributed by atoms with Gasteiger partial charge in [-0.15, -0.1) is 0 Å². The number of nitro groups is 1. The number of aliphatic imine (C=N–C) groups is 1. The quantitative estimate of drug-likeness (QED) is 0.232. The van der Waals surface area contributed by atoms with Gasteiger partial charge in [0.15, 0.2) is 0 Å². The predicted molar refractivity (Wildman–Crippen MR) is 149 cm³/mol. The maximum absolute atomic E-state index is 13.1. The molecule has 2 atom stereocenters. The molecule has 3 aromatic rings. The minimum absolute atomic E-state index is 0.00662. The molecular weight excluding hydrogens is 502 g/mol. The number of carbonyl (C=O) groups is 1. The number of esters is 1. The molecule has 9 nitrogen and oxygen atoms in total. The summed E-state index contributed by atoms with van der Waals surface area (Å²) in [5, 5.41) is 12.3. The molecule has 0 aliphatic carbocycles. The number of benzene rings is 2. The molecule has 0 bridgehead atoms. The van der Waals surface area contributed by atoms with Crippen LogP contribution < -0.4 is 4.90 Å². The summed E-state index contributed by atoms with van der Waals surface area (Å²) in [6.07, 6.45) is 0.715. The van der Waals surface area contributed by atoms with Crippen molar-refractivity contribution in [3.8, 4) is 0 Å². The molecule has 0 radical (unpaired) electrons. The van der Waals surface area contributed by atoms with Crippen LogP contribution in [0.25, 0.3) is 0 Å². The second-order valence-corrected chi connectivity index (χ2v) is 10.3. The van der Waals surface area contributed by atoms with Crippen LogP contribution in [0.1, 0.15) is 36.6 Å². The molecule has 0 saturated carbocycles. The van der Waals surface area contributed by atoms with Crippen molar-refractivity contribution in [1.82, 2.24) is 9.27 Å². The lowest BCUT2D eigenvalue weighted by atomic mass is 9.76. The lowest BCUT2D eigenvalue weighted by Crippen LogP contribution is -2.47. The summed E-state index contributed by atoms with van der Waals surface area (Å²) in [5.41, 5.74) is 4.37. The minimum Gasteiger partial charge on any atom is -0.465 e. The zero-order chi connectivity index (χ0) is 26.6. The average molecular weight is 534 g/mol. The van der Waals surface area contributed by atoms with Gasteiger partial charge in [-0.05, 0) is 43.1 Å². The van der Waals surface area contributed by atoms with Crippen molar-refractivity contribution in [2.45, 2.75) is 26.2 Å². The van der Waals surface area contributed by atoms with Gasteiger partial charge in [-0.3, -0.25) is 19.8 Å². The lowest BCUT2D eigenvalue weighted by Gasteiger charge is -2.36. The summed E-state index contributed by atoms with van der Waals surface area (Å²) in [5.74, 6) is -1.47. The molecule has 38 heavy (non-hydrogen) atoms. The summed E-state index contributed by atoms with van der Waals surface area (Å²) < 4.78 is 10.2. The van der Waals surface area contributed by atoms with E-state index in [0.29, 0.717) is 17.7 Å². The Balaban J connectivity index is 1.39. The van der Waals surface area contributed by atoms with Gasteiger partial charge in [0.2, 0.25) is 0 Å². The highest BCUT2D eigenvalue weighted by Gasteiger charge is 2.41. The van der Waals surface area contributed by atoms with Crippen LogP contribution in [-0.2, 0) is 16.0 Å². The van der Waals surface area contributed by atoms with Gasteiger partial charge in [0.05, 0.1) is 17.2 Å². The number of piperazine rings is 1. The van der Waals surface area contributed by atoms with Crippen LogP contribution in [0.4, 0.5) is 16.4 Å². The van der Waals surface area contributed by atoms with E-state index in [9.17, 15) is 14.9 Å². The number of fused-ring (bicyclic) bond motifs is 1. The van der Waals surface area contributed by atoms with Crippen molar-refractivity contribution < 1.29 is 14.5 Å². The number of rotatable bonds is 8. The smallest absolute Gasteiger partial charge is 0.315 e. The van der Waals surface area contributed by atoms with Crippen molar-refractivity contribution >= 4 is 39.6 Å². The Kier molecular flexibility index (Phi) is 7.80. The van der Waals surface area contributed by atoms with Crippen LogP contribution >= 0.6 is 11.5 Å². The molecular formula is C28H31N5O4S. The third-order valence-electron chi connectivity index (χ3n) is 7.30. The molecule has 5 rings (SSSR count). The highest BCUT2D eigenvalue weighted by molar-refractivity contribution is 7.10. The Bertz CT molecular complexity index is 1330. The molecule has 10 heteroatoms. The summed E-state index contributed by atoms with van der Waals surface area (Å²) in [6.45, 7) is 8.52. The molecule has 2 aromatic carbocycles. The average Bonchev–Trinajstić information content (AvgIpc) is 3.34. The highest BCUT2D eigenvalue weighted by atomic mass is 32.1. The monoisotopic (exact) mass is 533 g/mol. The van der Waals surface area contributed by atoms with Crippen molar-refractivity contribution in [2.75, 3.05) is 44.2 Å². The molecule has 3 heterocycles. The number of non-ortho nitro benzene ring substituents is 1. The third kappa shape index (κ3) is 5.32. The summed E-state index contributed by atoms with van der Waals surface area (Å²) >= 11 is 1.33. The first-order chi connectivity index (χ1) is 18.5. The fourth-order valence-corrected chi connectivity index (χ4v) is 6.31. The molecule has 0 spiro atoms. The maximum Gasteiger partial charge on any atom is 0.315 e. The zero-order valence-corrected chi connectivity index (χ0v) is 22.4. The van der Waals surface area contributed by atoms with Gasteiger partial charge >= 0.3 is 5.97 Å². The summed E-state index contributed by atoms with van der Waals surface area (Å²) in [6, 6.07) is 17.0. The second-order valence-electron chi connectivity index (χ2n) is 9.58. The number of nitrogens with zero attached hydrogens (tertiary/aromatic N) is 5. The van der Waals surface area contributed by atoms with Gasteiger partial charge in [0.1, 0.15) is 10.9 Å². The number of aromatic nitrogens is 1. The summed E-state index contributed by atoms with van der Waals surface area (Å²) in [4.78, 5) is 33.9. The molecule has 2 aliphatic heterocycles. The third-order valence-corrected chi connectivity index (χ3v) is 8.09. The van der Waals surface area contributed by atoms with E-state index in [-0.39, 0.29) is 18.3 Å². The van der Waals surface area contributed by atoms with E-state index in [0.717, 1.165) is 49.0 Å². The molecule has 2 aliphatic rings. The van der Waals surface area contributed by atoms with Crippen molar-refractivity contribution in [1.29, 1.82) is 0 Å². The van der Waals surface area contributed by atoms with E-state index >= 15 is 0 Å². The van der Waals surface area contributed by atoms with Crippen molar-refractivity contribution in [3.05, 3.63) is 81.5 Å². The fraction of sp³-hybridized carbons (Fsp3) is 0.393. The topological polar surface area (TPSA) is 101 Å². The van der Waals surface area contributed by atoms with E-state index in [1.165, 1.54) is 23.3 Å². The molecule has 2 unspecified atom stereocenters. The van der Waals surface area contributed by atoms with Gasteiger partial charge < -0.3 is 9.64 Å². The zero-order valence-electron chi connectivity index (χ0n) is 21.6. The normalized spacial score (nSPS) is 19.5. The number of anilines is 1. The van der Waals surface area contributed by atoms with Crippen LogP contribution in [0, 0.1) is 16.0 Å². The molecule has 0 amide bonds. The Morgan fingerprint density at radius 2 is 1.89 bits per heavy atom. The van der Waals surface area contributed by atoms with E-state index in [2.05, 4.69) is 34.1 Å². The van der Waals surface area contributed by atoms with E-state index < -0.39 is 16.8 Å². The first-order valence-electron chi connectivity index (χ1n) is 12.9. The Hall–Kier alpha value is -3.63. The molecule has 0 N–H and O–H groups in total. The minimum atomic E-state index is -0.658. The number of ether oxygens (including phenoxy) is 1. The Morgan fingerprint density at radius 3 is 2.61 bits per heavy atom. The second kappa shape index (κ2) is 11.4. The first-order valence-corrected chi connectivity index (χ1v) is 13.7. The summed E-state index contributed by atoms with van der Waals surface area (Å²) in [7, 11) is 0. The highest BCUT2D eigenvalue weighted by Crippen LogP contribution is 2.47. The SMILES string of the molecule is CCOC(=O)C1C(C)=Nc2snc(CCN3CCN(c4ccccc4)CC3)c2C1c1cccc([N+](=O)[O-])c1. The van der Waals surface area contributed by atoms with Crippen LogP contribution in [0.5, 0.6) is 0 Å². The number of nitro benzene ring substituents is 1. The number of para-hydroxylation sites is 1. The van der Waals surface area contributed by atoms with Crippen LogP contribution in [-0.4, -0.2) is 65.2 Å². The standard InChI is InChI=1S/C28H31N5O4S/c1-3-37-28(34)24-19(2)29-27-26(25(24)20-8-7-11-22(18-20)33(35)36)23(30-38-27)12-13-31-14-16-32(17-15-31)21-9-5-4-6-10-21/h4-11,18,24-25H,3,12-17H2,1-2H3. The van der Waals surface area contributed by atoms with Crippen LogP contribution in [0.2, 0.25) is 0 Å². The first kappa shape index (κ1) is 26.0. The molecule has 1 fully saturated rings. The largest absolute Gasteiger partial charge is 0.465 e. The molecule has 1 aromatic heterocycles. The Labute approximate surface area is 226 Å². The molecule has 198 valence electrons. The van der Waals surface area contributed by atoms with Crippen molar-refractivity contribution in [3.63, 3.8) is 0 Å². The maximum atomic E-state index is 13.1. The van der Waals surface area contributed by atoms with Crippen LogP contribution in [0.3, 0.4) is 0 Å². The number of hydrogen-bond donors (Lipinski definition) is 0. The van der Waals surface area contributed by atoms with Crippen LogP contribution in [0.15, 0.2) is 59.6 Å². The van der Waals surface area contributed by atoms with Crippen molar-refractivity contribution in [2.24, 2.45) is 10.9 Å². The fourth-order valence-electron chi connectivity index (χ4n) is 5.39. The van der Waals surface area contributed by atoms with Gasteiger partial charge in [0.25, 0.3) is 5.69 Å². The van der Waals surface area contributed by atoms with Gasteiger partial charge in [-0.1, -0.05) is 30.3 Å². The van der Waals surface area contributed by atoms with E-state index in [4.69, 9.17) is 14.1 Å². The number of carbonyl (C=O) groups excluding carboxylic acids is 1. The molecule has 1 saturated heterocycles. The van der Waals surface area contributed by atoms with E-state index in [1.807, 2.05) is 19.1 Å². The Morgan fingerprint density at radius 1 is 1.13 bits per heavy atom. The number of hydrogen-bond acceptors (Lipinski definition) is 9.